The van der Waals surface area contributed by atoms with E-state index in [0.717, 1.165) is 22.6 Å². The summed E-state index contributed by atoms with van der Waals surface area (Å²) in [6, 6.07) is 81.6. The van der Waals surface area contributed by atoms with E-state index in [1.165, 1.54) is 71.3 Å². The second-order valence-electron chi connectivity index (χ2n) is 14.1. The van der Waals surface area contributed by atoms with E-state index in [9.17, 15) is 0 Å². The zero-order valence-corrected chi connectivity index (χ0v) is 30.3. The third-order valence-corrected chi connectivity index (χ3v) is 10.9. The number of anilines is 3. The van der Waals surface area contributed by atoms with Gasteiger partial charge in [-0.25, -0.2) is 0 Å². The van der Waals surface area contributed by atoms with Crippen molar-refractivity contribution in [2.24, 2.45) is 0 Å². The first-order valence-corrected chi connectivity index (χ1v) is 18.9. The van der Waals surface area contributed by atoms with Gasteiger partial charge in [0.1, 0.15) is 0 Å². The molecule has 10 aromatic carbocycles. The topological polar surface area (TPSA) is 3.24 Å². The summed E-state index contributed by atoms with van der Waals surface area (Å²) in [5.74, 6) is 0. The van der Waals surface area contributed by atoms with Crippen molar-refractivity contribution in [3.8, 4) is 44.5 Å². The van der Waals surface area contributed by atoms with Gasteiger partial charge in [0.15, 0.2) is 0 Å². The van der Waals surface area contributed by atoms with E-state index in [1.54, 1.807) is 0 Å². The summed E-state index contributed by atoms with van der Waals surface area (Å²) in [4.78, 5) is 2.47. The Morgan fingerprint density at radius 3 is 1.56 bits per heavy atom. The molecule has 10 aromatic rings. The molecule has 0 heterocycles. The summed E-state index contributed by atoms with van der Waals surface area (Å²) < 4.78 is 0. The van der Waals surface area contributed by atoms with E-state index in [0.29, 0.717) is 0 Å². The average Bonchev–Trinajstić information content (AvgIpc) is 3.27. The van der Waals surface area contributed by atoms with Crippen LogP contribution in [0.4, 0.5) is 17.1 Å². The zero-order valence-electron chi connectivity index (χ0n) is 30.3. The van der Waals surface area contributed by atoms with Crippen LogP contribution in [0.15, 0.2) is 224 Å². The van der Waals surface area contributed by atoms with Crippen LogP contribution in [0.25, 0.3) is 76.8 Å². The lowest BCUT2D eigenvalue weighted by molar-refractivity contribution is 1.28. The Hall–Kier alpha value is -7.22. The van der Waals surface area contributed by atoms with Crippen molar-refractivity contribution in [3.05, 3.63) is 224 Å². The quantitative estimate of drug-likeness (QED) is 0.150. The van der Waals surface area contributed by atoms with Crippen LogP contribution in [0.2, 0.25) is 0 Å². The maximum Gasteiger partial charge on any atom is 0.0546 e. The van der Waals surface area contributed by atoms with Crippen LogP contribution in [-0.4, -0.2) is 0 Å². The Labute approximate surface area is 322 Å². The predicted octanol–water partition coefficient (Wildman–Crippen LogP) is 15.3. The van der Waals surface area contributed by atoms with Crippen LogP contribution >= 0.6 is 0 Å². The molecule has 0 aliphatic carbocycles. The lowest BCUT2D eigenvalue weighted by Gasteiger charge is -2.31. The van der Waals surface area contributed by atoms with Gasteiger partial charge in [0, 0.05) is 16.8 Å². The number of hydrogen-bond donors (Lipinski definition) is 0. The largest absolute Gasteiger partial charge is 0.309 e. The second-order valence-corrected chi connectivity index (χ2v) is 14.1. The molecule has 0 bridgehead atoms. The Bertz CT molecular complexity index is 2960. The van der Waals surface area contributed by atoms with Gasteiger partial charge in [-0.1, -0.05) is 194 Å². The molecule has 0 radical (unpaired) electrons. The Kier molecular flexibility index (Phi) is 8.24. The summed E-state index contributed by atoms with van der Waals surface area (Å²) in [5.41, 5.74) is 12.8. The fourth-order valence-electron chi connectivity index (χ4n) is 8.24. The van der Waals surface area contributed by atoms with Crippen molar-refractivity contribution in [1.82, 2.24) is 0 Å². The minimum absolute atomic E-state index is 1.09. The molecular weight excluding hydrogens is 663 g/mol. The average molecular weight is 700 g/mol. The maximum absolute atomic E-state index is 2.47. The molecule has 0 aliphatic rings. The van der Waals surface area contributed by atoms with Gasteiger partial charge in [-0.05, 0) is 96.0 Å². The number of fused-ring (bicyclic) bond motifs is 4. The molecule has 0 unspecified atom stereocenters. The molecule has 258 valence electrons. The fraction of sp³-hybridized carbons (Fsp3) is 0. The Balaban J connectivity index is 1.25. The molecule has 1 nitrogen and oxygen atoms in total. The molecule has 0 N–H and O–H groups in total. The summed E-state index contributed by atoms with van der Waals surface area (Å²) in [5, 5.41) is 7.49. The van der Waals surface area contributed by atoms with Gasteiger partial charge in [0.2, 0.25) is 0 Å². The normalized spacial score (nSPS) is 11.3. The highest BCUT2D eigenvalue weighted by atomic mass is 15.1. The Morgan fingerprint density at radius 2 is 0.782 bits per heavy atom. The van der Waals surface area contributed by atoms with Crippen LogP contribution in [0.3, 0.4) is 0 Å². The third-order valence-electron chi connectivity index (χ3n) is 10.9. The van der Waals surface area contributed by atoms with Crippen molar-refractivity contribution in [3.63, 3.8) is 0 Å². The summed E-state index contributed by atoms with van der Waals surface area (Å²) in [7, 11) is 0. The number of nitrogens with zero attached hydrogens (tertiary/aromatic N) is 1. The second kappa shape index (κ2) is 14.0. The first kappa shape index (κ1) is 32.4. The Morgan fingerprint density at radius 1 is 0.236 bits per heavy atom. The number of para-hydroxylation sites is 1. The molecule has 55 heavy (non-hydrogen) atoms. The lowest BCUT2D eigenvalue weighted by Crippen LogP contribution is -2.13. The number of benzene rings is 10. The van der Waals surface area contributed by atoms with Crippen molar-refractivity contribution in [2.45, 2.75) is 0 Å². The van der Waals surface area contributed by atoms with E-state index >= 15 is 0 Å². The predicted molar refractivity (Wildman–Crippen MR) is 235 cm³/mol. The van der Waals surface area contributed by atoms with Crippen molar-refractivity contribution in [2.75, 3.05) is 4.90 Å². The van der Waals surface area contributed by atoms with Crippen LogP contribution in [-0.2, 0) is 0 Å². The van der Waals surface area contributed by atoms with E-state index in [1.807, 2.05) is 0 Å². The van der Waals surface area contributed by atoms with Crippen molar-refractivity contribution < 1.29 is 0 Å². The fourth-order valence-corrected chi connectivity index (χ4v) is 8.24. The lowest BCUT2D eigenvalue weighted by atomic mass is 9.91. The molecule has 0 spiro atoms. The van der Waals surface area contributed by atoms with Crippen LogP contribution in [0.1, 0.15) is 0 Å². The zero-order chi connectivity index (χ0) is 36.6. The van der Waals surface area contributed by atoms with Crippen LogP contribution < -0.4 is 4.90 Å². The van der Waals surface area contributed by atoms with Gasteiger partial charge in [-0.2, -0.15) is 0 Å². The highest BCUT2D eigenvalue weighted by Gasteiger charge is 2.23. The van der Waals surface area contributed by atoms with Crippen LogP contribution in [0.5, 0.6) is 0 Å². The summed E-state index contributed by atoms with van der Waals surface area (Å²) >= 11 is 0. The molecule has 0 fully saturated rings. The molecule has 1 heteroatoms. The molecule has 0 aromatic heterocycles. The SMILES string of the molecule is c1ccc(-c2ccc(-c3ccccc3)c(N(c3ccc(-c4cccc5ccccc45)cc3)c3ccccc3-c3cc4ccccc4c4ccccc34)c2)cc1. The summed E-state index contributed by atoms with van der Waals surface area (Å²) in [6.45, 7) is 0. The highest BCUT2D eigenvalue weighted by molar-refractivity contribution is 6.15. The van der Waals surface area contributed by atoms with Crippen molar-refractivity contribution in [1.29, 1.82) is 0 Å². The van der Waals surface area contributed by atoms with Crippen LogP contribution in [0, 0.1) is 0 Å². The molecule has 0 aliphatic heterocycles. The first-order chi connectivity index (χ1) is 27.3. The molecule has 10 rings (SSSR count). The van der Waals surface area contributed by atoms with E-state index < -0.39 is 0 Å². The van der Waals surface area contributed by atoms with Crippen molar-refractivity contribution >= 4 is 49.4 Å². The number of rotatable bonds is 7. The smallest absolute Gasteiger partial charge is 0.0546 e. The minimum atomic E-state index is 1.09. The van der Waals surface area contributed by atoms with Gasteiger partial charge in [-0.15, -0.1) is 0 Å². The maximum atomic E-state index is 2.47. The first-order valence-electron chi connectivity index (χ1n) is 18.9. The van der Waals surface area contributed by atoms with Gasteiger partial charge < -0.3 is 4.90 Å². The van der Waals surface area contributed by atoms with Gasteiger partial charge >= 0.3 is 0 Å². The van der Waals surface area contributed by atoms with E-state index in [-0.39, 0.29) is 0 Å². The molecule has 0 atom stereocenters. The van der Waals surface area contributed by atoms with E-state index in [2.05, 4.69) is 229 Å². The van der Waals surface area contributed by atoms with Gasteiger partial charge in [-0.3, -0.25) is 0 Å². The highest BCUT2D eigenvalue weighted by Crippen LogP contribution is 2.48. The standard InChI is InChI=1S/C54H37N/c1-3-16-38(17-4-1)42-32-35-48(40-18-5-2-6-19-40)54(37-42)55(44-33-30-41(31-34-44)46-28-15-22-39-20-7-9-23-45(39)46)53-29-14-13-27-51(53)52-36-43-21-8-10-24-47(43)49-25-11-12-26-50(49)52/h1-37H. The summed E-state index contributed by atoms with van der Waals surface area (Å²) in [6.07, 6.45) is 0. The van der Waals surface area contributed by atoms with Gasteiger partial charge in [0.25, 0.3) is 0 Å². The minimum Gasteiger partial charge on any atom is -0.309 e. The number of hydrogen-bond acceptors (Lipinski definition) is 1. The molecular formula is C54H37N. The third kappa shape index (κ3) is 5.93. The molecule has 0 saturated heterocycles. The molecule has 0 amide bonds. The monoisotopic (exact) mass is 699 g/mol. The van der Waals surface area contributed by atoms with E-state index in [4.69, 9.17) is 0 Å². The molecule has 0 saturated carbocycles. The van der Waals surface area contributed by atoms with Gasteiger partial charge in [0.05, 0.1) is 11.4 Å².